The SMILES string of the molecule is CC(Oc1ccccc1I)C(=O)Nc1ccc(N)cc1Cl. The molecule has 2 rings (SSSR count). The summed E-state index contributed by atoms with van der Waals surface area (Å²) in [6.07, 6.45) is -0.644. The molecule has 0 aliphatic rings. The molecule has 0 radical (unpaired) electrons. The van der Waals surface area contributed by atoms with E-state index in [4.69, 9.17) is 22.1 Å². The normalized spacial score (nSPS) is 11.8. The number of para-hydroxylation sites is 1. The molecule has 4 nitrogen and oxygen atoms in total. The van der Waals surface area contributed by atoms with Crippen LogP contribution in [0, 0.1) is 3.57 Å². The van der Waals surface area contributed by atoms with E-state index < -0.39 is 6.10 Å². The molecule has 6 heteroatoms. The van der Waals surface area contributed by atoms with Gasteiger partial charge in [-0.05, 0) is 59.8 Å². The predicted molar refractivity (Wildman–Crippen MR) is 93.7 cm³/mol. The van der Waals surface area contributed by atoms with Gasteiger partial charge in [0.2, 0.25) is 0 Å². The van der Waals surface area contributed by atoms with E-state index in [1.165, 1.54) is 0 Å². The summed E-state index contributed by atoms with van der Waals surface area (Å²) in [4.78, 5) is 12.1. The number of nitrogen functional groups attached to an aromatic ring is 1. The number of nitrogens with two attached hydrogens (primary N) is 1. The molecule has 1 atom stereocenters. The first kappa shape index (κ1) is 15.9. The van der Waals surface area contributed by atoms with Crippen molar-refractivity contribution in [2.24, 2.45) is 0 Å². The van der Waals surface area contributed by atoms with Gasteiger partial charge in [0.05, 0.1) is 14.3 Å². The summed E-state index contributed by atoms with van der Waals surface area (Å²) in [5.41, 5.74) is 6.67. The average Bonchev–Trinajstić information content (AvgIpc) is 2.44. The third kappa shape index (κ3) is 4.25. The molecule has 0 saturated heterocycles. The molecule has 1 unspecified atom stereocenters. The molecule has 1 amide bonds. The lowest BCUT2D eigenvalue weighted by Gasteiger charge is -2.16. The fourth-order valence-corrected chi connectivity index (χ4v) is 2.40. The minimum absolute atomic E-state index is 0.277. The Morgan fingerprint density at radius 3 is 2.71 bits per heavy atom. The molecule has 2 aromatic rings. The lowest BCUT2D eigenvalue weighted by Crippen LogP contribution is -2.30. The first-order valence-electron chi connectivity index (χ1n) is 6.24. The molecule has 2 aromatic carbocycles. The molecule has 3 N–H and O–H groups in total. The second kappa shape index (κ2) is 7.00. The van der Waals surface area contributed by atoms with Crippen molar-refractivity contribution in [1.82, 2.24) is 0 Å². The van der Waals surface area contributed by atoms with Crippen LogP contribution in [0.2, 0.25) is 5.02 Å². The van der Waals surface area contributed by atoms with Crippen molar-refractivity contribution in [3.05, 3.63) is 51.1 Å². The second-order valence-corrected chi connectivity index (χ2v) is 5.99. The molecule has 0 aliphatic heterocycles. The smallest absolute Gasteiger partial charge is 0.265 e. The molecule has 0 aromatic heterocycles. The number of hydrogen-bond acceptors (Lipinski definition) is 3. The molecular formula is C15H14ClIN2O2. The van der Waals surface area contributed by atoms with Gasteiger partial charge >= 0.3 is 0 Å². The minimum atomic E-state index is -0.644. The second-order valence-electron chi connectivity index (χ2n) is 4.42. The van der Waals surface area contributed by atoms with E-state index in [1.54, 1.807) is 25.1 Å². The summed E-state index contributed by atoms with van der Waals surface area (Å²) < 4.78 is 6.60. The third-order valence-corrected chi connectivity index (χ3v) is 3.96. The van der Waals surface area contributed by atoms with Crippen molar-refractivity contribution in [2.75, 3.05) is 11.1 Å². The Morgan fingerprint density at radius 1 is 1.33 bits per heavy atom. The summed E-state index contributed by atoms with van der Waals surface area (Å²) >= 11 is 8.18. The van der Waals surface area contributed by atoms with E-state index in [0.29, 0.717) is 22.1 Å². The van der Waals surface area contributed by atoms with E-state index >= 15 is 0 Å². The number of amides is 1. The zero-order chi connectivity index (χ0) is 15.4. The topological polar surface area (TPSA) is 64.3 Å². The first-order valence-corrected chi connectivity index (χ1v) is 7.70. The van der Waals surface area contributed by atoms with Gasteiger partial charge in [-0.1, -0.05) is 23.7 Å². The summed E-state index contributed by atoms with van der Waals surface area (Å²) in [7, 11) is 0. The van der Waals surface area contributed by atoms with Crippen LogP contribution in [-0.2, 0) is 4.79 Å². The van der Waals surface area contributed by atoms with Gasteiger partial charge in [-0.25, -0.2) is 0 Å². The zero-order valence-corrected chi connectivity index (χ0v) is 14.2. The van der Waals surface area contributed by atoms with Crippen molar-refractivity contribution < 1.29 is 9.53 Å². The molecule has 0 spiro atoms. The van der Waals surface area contributed by atoms with Gasteiger partial charge in [-0.15, -0.1) is 0 Å². The standard InChI is InChI=1S/C15H14ClIN2O2/c1-9(21-14-5-3-2-4-12(14)17)15(20)19-13-7-6-10(18)8-11(13)16/h2-9H,18H2,1H3,(H,19,20). The quantitative estimate of drug-likeness (QED) is 0.586. The summed E-state index contributed by atoms with van der Waals surface area (Å²) in [5, 5.41) is 3.12. The van der Waals surface area contributed by atoms with E-state index in [9.17, 15) is 4.79 Å². The van der Waals surface area contributed by atoms with Crippen molar-refractivity contribution >= 4 is 51.5 Å². The van der Waals surface area contributed by atoms with Crippen LogP contribution in [0.4, 0.5) is 11.4 Å². The van der Waals surface area contributed by atoms with Crippen LogP contribution in [-0.4, -0.2) is 12.0 Å². The number of carbonyl (C=O) groups is 1. The Morgan fingerprint density at radius 2 is 2.05 bits per heavy atom. The van der Waals surface area contributed by atoms with Crippen LogP contribution in [0.15, 0.2) is 42.5 Å². The molecule has 0 aliphatic carbocycles. The van der Waals surface area contributed by atoms with Crippen LogP contribution in [0.1, 0.15) is 6.92 Å². The average molecular weight is 417 g/mol. The van der Waals surface area contributed by atoms with Gasteiger partial charge in [0.25, 0.3) is 5.91 Å². The lowest BCUT2D eigenvalue weighted by molar-refractivity contribution is -0.122. The number of nitrogens with one attached hydrogen (secondary N) is 1. The zero-order valence-electron chi connectivity index (χ0n) is 11.3. The van der Waals surface area contributed by atoms with Gasteiger partial charge in [-0.3, -0.25) is 4.79 Å². The Bertz CT molecular complexity index is 664. The van der Waals surface area contributed by atoms with Crippen LogP contribution < -0.4 is 15.8 Å². The largest absolute Gasteiger partial charge is 0.480 e. The highest BCUT2D eigenvalue weighted by Crippen LogP contribution is 2.25. The summed E-state index contributed by atoms with van der Waals surface area (Å²) in [6.45, 7) is 1.68. The molecule has 0 saturated carbocycles. The maximum atomic E-state index is 12.1. The number of carbonyl (C=O) groups excluding carboxylic acids is 1. The van der Waals surface area contributed by atoms with Crippen molar-refractivity contribution in [2.45, 2.75) is 13.0 Å². The molecular weight excluding hydrogens is 403 g/mol. The number of benzene rings is 2. The Labute approximate surface area is 141 Å². The van der Waals surface area contributed by atoms with Gasteiger partial charge in [0.15, 0.2) is 6.10 Å². The van der Waals surface area contributed by atoms with E-state index in [2.05, 4.69) is 27.9 Å². The van der Waals surface area contributed by atoms with Crippen molar-refractivity contribution in [3.8, 4) is 5.75 Å². The van der Waals surface area contributed by atoms with E-state index in [0.717, 1.165) is 3.57 Å². The fraction of sp³-hybridized carbons (Fsp3) is 0.133. The molecule has 0 heterocycles. The molecule has 110 valence electrons. The van der Waals surface area contributed by atoms with Crippen LogP contribution in [0.25, 0.3) is 0 Å². The van der Waals surface area contributed by atoms with Crippen molar-refractivity contribution in [3.63, 3.8) is 0 Å². The lowest BCUT2D eigenvalue weighted by atomic mass is 10.2. The highest BCUT2D eigenvalue weighted by atomic mass is 127. The van der Waals surface area contributed by atoms with E-state index in [-0.39, 0.29) is 5.91 Å². The highest BCUT2D eigenvalue weighted by Gasteiger charge is 2.17. The van der Waals surface area contributed by atoms with Crippen LogP contribution >= 0.6 is 34.2 Å². The molecule has 0 fully saturated rings. The molecule has 21 heavy (non-hydrogen) atoms. The fourth-order valence-electron chi connectivity index (χ4n) is 1.65. The van der Waals surface area contributed by atoms with Crippen LogP contribution in [0.3, 0.4) is 0 Å². The van der Waals surface area contributed by atoms with Gasteiger partial charge in [-0.2, -0.15) is 0 Å². The highest BCUT2D eigenvalue weighted by molar-refractivity contribution is 14.1. The molecule has 0 bridgehead atoms. The number of anilines is 2. The van der Waals surface area contributed by atoms with Gasteiger partial charge in [0.1, 0.15) is 5.75 Å². The number of hydrogen-bond donors (Lipinski definition) is 2. The number of ether oxygens (including phenoxy) is 1. The summed E-state index contributed by atoms with van der Waals surface area (Å²) in [5.74, 6) is 0.394. The predicted octanol–water partition coefficient (Wildman–Crippen LogP) is 3.93. The first-order chi connectivity index (χ1) is 9.97. The minimum Gasteiger partial charge on any atom is -0.480 e. The Balaban J connectivity index is 2.04. The maximum Gasteiger partial charge on any atom is 0.265 e. The van der Waals surface area contributed by atoms with Gasteiger partial charge < -0.3 is 15.8 Å². The number of halogens is 2. The summed E-state index contributed by atoms with van der Waals surface area (Å²) in [6, 6.07) is 12.4. The van der Waals surface area contributed by atoms with E-state index in [1.807, 2.05) is 24.3 Å². The third-order valence-electron chi connectivity index (χ3n) is 2.76. The number of rotatable bonds is 4. The monoisotopic (exact) mass is 416 g/mol. The van der Waals surface area contributed by atoms with Gasteiger partial charge in [0, 0.05) is 5.69 Å². The Hall–Kier alpha value is -1.47. The van der Waals surface area contributed by atoms with Crippen LogP contribution in [0.5, 0.6) is 5.75 Å². The van der Waals surface area contributed by atoms with Crippen molar-refractivity contribution in [1.29, 1.82) is 0 Å². The maximum absolute atomic E-state index is 12.1. The Kier molecular flexibility index (Phi) is 5.30.